The quantitative estimate of drug-likeness (QED) is 0.166. The van der Waals surface area contributed by atoms with Gasteiger partial charge in [0.25, 0.3) is 16.4 Å². The van der Waals surface area contributed by atoms with Crippen LogP contribution in [0, 0.1) is 12.4 Å². The first-order valence-electron chi connectivity index (χ1n) is 14.0. The molecular weight excluding hydrogens is 629 g/mol. The molecule has 0 aliphatic heterocycles. The van der Waals surface area contributed by atoms with Crippen molar-refractivity contribution in [2.75, 3.05) is 7.11 Å². The molecule has 0 spiro atoms. The number of methoxy groups -OCH3 is 1. The number of benzene rings is 5. The third kappa shape index (κ3) is 5.49. The van der Waals surface area contributed by atoms with Crippen molar-refractivity contribution in [1.82, 2.24) is 3.97 Å². The van der Waals surface area contributed by atoms with Crippen molar-refractivity contribution in [2.24, 2.45) is 0 Å². The van der Waals surface area contributed by atoms with E-state index in [1.165, 1.54) is 31.4 Å². The van der Waals surface area contributed by atoms with Crippen molar-refractivity contribution in [2.45, 2.75) is 11.3 Å². The first-order chi connectivity index (χ1) is 22.5. The highest BCUT2D eigenvalue weighted by atomic mass is 32.2. The summed E-state index contributed by atoms with van der Waals surface area (Å²) < 4.78 is 77.2. The molecule has 1 N–H and O–H groups in total. The lowest BCUT2D eigenvalue weighted by Gasteiger charge is -2.16. The third-order valence-electron chi connectivity index (χ3n) is 7.75. The second kappa shape index (κ2) is 12.2. The fraction of sp³-hybridized carbons (Fsp3) is 0.0556. The van der Waals surface area contributed by atoms with E-state index in [1.807, 2.05) is 0 Å². The normalized spacial score (nSPS) is 11.5. The number of carboxylic acids is 1. The number of carbonyl (C=O) groups is 1. The van der Waals surface area contributed by atoms with Gasteiger partial charge in [0.05, 0.1) is 35.4 Å². The van der Waals surface area contributed by atoms with E-state index in [1.54, 1.807) is 54.6 Å². The largest absolute Gasteiger partial charge is 0.496 e. The Kier molecular flexibility index (Phi) is 8.05. The maximum absolute atomic E-state index is 14.9. The van der Waals surface area contributed by atoms with Crippen molar-refractivity contribution in [3.63, 3.8) is 0 Å². The number of carboxylic acid groups (broad SMARTS) is 1. The van der Waals surface area contributed by atoms with Crippen LogP contribution in [0.2, 0.25) is 0 Å². The molecule has 0 amide bonds. The molecule has 0 radical (unpaired) electrons. The van der Waals surface area contributed by atoms with Gasteiger partial charge < -0.3 is 9.84 Å². The summed E-state index contributed by atoms with van der Waals surface area (Å²) in [5.41, 5.74) is 2.07. The van der Waals surface area contributed by atoms with Crippen LogP contribution < -0.4 is 4.74 Å². The zero-order chi connectivity index (χ0) is 33.5. The Hall–Kier alpha value is -5.86. The molecule has 1 heterocycles. The van der Waals surface area contributed by atoms with E-state index in [9.17, 15) is 31.5 Å². The standard InChI is InChI=1S/C36H23F3N2O5S/c1-40-30-9-4-3-8-28(30)33-29-20-25(37)13-17-31(29)41(47(44,45)26-14-10-21(11-15-26)35(38)39)34(33)23-7-5-6-22(18-23)27-16-12-24(36(42)43)19-32(27)46-2/h3-20,35H,2H3,(H,42,43). The highest BCUT2D eigenvalue weighted by molar-refractivity contribution is 7.90. The van der Waals surface area contributed by atoms with Gasteiger partial charge >= 0.3 is 5.97 Å². The minimum absolute atomic E-state index is 0.00546. The van der Waals surface area contributed by atoms with Gasteiger partial charge in [0.15, 0.2) is 5.69 Å². The maximum atomic E-state index is 14.9. The molecule has 7 nitrogen and oxygen atoms in total. The number of halogens is 3. The summed E-state index contributed by atoms with van der Waals surface area (Å²) in [5, 5.41) is 9.68. The number of hydrogen-bond donors (Lipinski definition) is 1. The van der Waals surface area contributed by atoms with Gasteiger partial charge in [-0.3, -0.25) is 0 Å². The minimum Gasteiger partial charge on any atom is -0.496 e. The Balaban J connectivity index is 1.72. The van der Waals surface area contributed by atoms with E-state index in [0.29, 0.717) is 22.3 Å². The topological polar surface area (TPSA) is 90.0 Å². The first kappa shape index (κ1) is 31.1. The zero-order valence-electron chi connectivity index (χ0n) is 24.5. The van der Waals surface area contributed by atoms with E-state index in [0.717, 1.165) is 34.3 Å². The highest BCUT2D eigenvalue weighted by Crippen LogP contribution is 2.47. The van der Waals surface area contributed by atoms with Crippen LogP contribution >= 0.6 is 0 Å². The SMILES string of the molecule is [C-]#[N+]c1ccccc1-c1c(-c2cccc(-c3ccc(C(=O)O)cc3OC)c2)n(S(=O)(=O)c2ccc(C(F)F)cc2)c2ccc(F)cc12. The lowest BCUT2D eigenvalue weighted by molar-refractivity contribution is 0.0696. The molecule has 0 atom stereocenters. The fourth-order valence-corrected chi connectivity index (χ4v) is 7.14. The Morgan fingerprint density at radius 1 is 0.872 bits per heavy atom. The van der Waals surface area contributed by atoms with E-state index in [4.69, 9.17) is 11.3 Å². The molecule has 0 fully saturated rings. The van der Waals surface area contributed by atoms with Crippen LogP contribution in [0.5, 0.6) is 5.75 Å². The number of fused-ring (bicyclic) bond motifs is 1. The minimum atomic E-state index is -4.53. The van der Waals surface area contributed by atoms with E-state index >= 15 is 0 Å². The summed E-state index contributed by atoms with van der Waals surface area (Å²) in [6, 6.07) is 25.5. The lowest BCUT2D eigenvalue weighted by Crippen LogP contribution is -2.14. The Labute approximate surface area is 267 Å². The molecule has 1 aromatic heterocycles. The molecule has 6 rings (SSSR count). The number of para-hydroxylation sites is 1. The predicted molar refractivity (Wildman–Crippen MR) is 172 cm³/mol. The van der Waals surface area contributed by atoms with E-state index in [-0.39, 0.29) is 49.6 Å². The van der Waals surface area contributed by atoms with Gasteiger partial charge in [-0.2, -0.15) is 0 Å². The Bertz CT molecular complexity index is 2340. The number of ether oxygens (including phenoxy) is 1. The molecule has 234 valence electrons. The lowest BCUT2D eigenvalue weighted by atomic mass is 9.94. The summed E-state index contributed by atoms with van der Waals surface area (Å²) in [4.78, 5) is 14.9. The van der Waals surface area contributed by atoms with Crippen LogP contribution in [-0.4, -0.2) is 30.6 Å². The average Bonchev–Trinajstić information content (AvgIpc) is 3.42. The van der Waals surface area contributed by atoms with Gasteiger partial charge in [0.2, 0.25) is 0 Å². The van der Waals surface area contributed by atoms with Crippen LogP contribution in [0.1, 0.15) is 22.3 Å². The fourth-order valence-electron chi connectivity index (χ4n) is 5.59. The van der Waals surface area contributed by atoms with Crippen molar-refractivity contribution in [1.29, 1.82) is 0 Å². The van der Waals surface area contributed by atoms with Crippen molar-refractivity contribution < 1.29 is 36.2 Å². The summed E-state index contributed by atoms with van der Waals surface area (Å²) in [5.74, 6) is -1.52. The highest BCUT2D eigenvalue weighted by Gasteiger charge is 2.30. The monoisotopic (exact) mass is 652 g/mol. The molecule has 0 saturated carbocycles. The number of aromatic carboxylic acids is 1. The van der Waals surface area contributed by atoms with Gasteiger partial charge in [-0.25, -0.2) is 35.2 Å². The maximum Gasteiger partial charge on any atom is 0.335 e. The number of alkyl halides is 2. The van der Waals surface area contributed by atoms with E-state index in [2.05, 4.69) is 4.85 Å². The molecule has 0 unspecified atom stereocenters. The molecule has 5 aromatic carbocycles. The molecule has 0 aliphatic rings. The number of hydrogen-bond acceptors (Lipinski definition) is 4. The summed E-state index contributed by atoms with van der Waals surface area (Å²) in [6.07, 6.45) is -2.81. The smallest absolute Gasteiger partial charge is 0.335 e. The van der Waals surface area contributed by atoms with Gasteiger partial charge in [0.1, 0.15) is 11.6 Å². The van der Waals surface area contributed by atoms with Crippen LogP contribution in [0.4, 0.5) is 18.9 Å². The molecule has 0 aliphatic carbocycles. The second-order valence-electron chi connectivity index (χ2n) is 10.5. The molecule has 11 heteroatoms. The van der Waals surface area contributed by atoms with Crippen LogP contribution in [-0.2, 0) is 10.0 Å². The molecule has 6 aromatic rings. The second-order valence-corrected chi connectivity index (χ2v) is 12.2. The number of aromatic nitrogens is 1. The van der Waals surface area contributed by atoms with Crippen molar-refractivity contribution >= 4 is 32.6 Å². The summed E-state index contributed by atoms with van der Waals surface area (Å²) in [7, 11) is -3.14. The van der Waals surface area contributed by atoms with Gasteiger partial charge in [0, 0.05) is 27.6 Å². The third-order valence-corrected chi connectivity index (χ3v) is 9.47. The van der Waals surface area contributed by atoms with Gasteiger partial charge in [-0.05, 0) is 65.7 Å². The van der Waals surface area contributed by atoms with Crippen LogP contribution in [0.3, 0.4) is 0 Å². The van der Waals surface area contributed by atoms with Gasteiger partial charge in [-0.1, -0.05) is 54.6 Å². The van der Waals surface area contributed by atoms with E-state index < -0.39 is 28.2 Å². The first-order valence-corrected chi connectivity index (χ1v) is 15.5. The summed E-state index contributed by atoms with van der Waals surface area (Å²) in [6.45, 7) is 7.83. The molecule has 0 saturated heterocycles. The van der Waals surface area contributed by atoms with Crippen LogP contribution in [0.15, 0.2) is 114 Å². The van der Waals surface area contributed by atoms with Crippen molar-refractivity contribution in [3.8, 4) is 39.3 Å². The molecular formula is C36H23F3N2O5S. The summed E-state index contributed by atoms with van der Waals surface area (Å²) >= 11 is 0. The van der Waals surface area contributed by atoms with Gasteiger partial charge in [-0.15, -0.1) is 0 Å². The number of rotatable bonds is 8. The number of nitrogens with zero attached hydrogens (tertiary/aromatic N) is 2. The zero-order valence-corrected chi connectivity index (χ0v) is 25.3. The molecule has 47 heavy (non-hydrogen) atoms. The average molecular weight is 653 g/mol. The Morgan fingerprint density at radius 3 is 2.28 bits per heavy atom. The van der Waals surface area contributed by atoms with Crippen molar-refractivity contribution in [3.05, 3.63) is 138 Å². The Morgan fingerprint density at radius 2 is 1.60 bits per heavy atom. The molecule has 0 bridgehead atoms. The van der Waals surface area contributed by atoms with Crippen LogP contribution in [0.25, 0.3) is 49.3 Å². The predicted octanol–water partition coefficient (Wildman–Crippen LogP) is 9.21.